The van der Waals surface area contributed by atoms with Gasteiger partial charge in [-0.1, -0.05) is 29.3 Å². The molecule has 0 bridgehead atoms. The quantitative estimate of drug-likeness (QED) is 0.477. The number of anilines is 1. The lowest BCUT2D eigenvalue weighted by Gasteiger charge is -2.19. The molecule has 0 N–H and O–H groups in total. The minimum atomic E-state index is -0.573. The normalized spacial score (nSPS) is 10.5. The Labute approximate surface area is 194 Å². The van der Waals surface area contributed by atoms with Crippen LogP contribution in [0.1, 0.15) is 20.7 Å². The van der Waals surface area contributed by atoms with E-state index in [0.29, 0.717) is 32.1 Å². The number of likely N-dealkylation sites (N-methyl/N-ethyl adjacent to an activating group) is 1. The summed E-state index contributed by atoms with van der Waals surface area (Å²) in [6, 6.07) is 12.7. The zero-order valence-corrected chi connectivity index (χ0v) is 19.0. The van der Waals surface area contributed by atoms with Crippen molar-refractivity contribution in [2.45, 2.75) is 0 Å². The largest absolute Gasteiger partial charge is 0.483 e. The number of hydrogen-bond acceptors (Lipinski definition) is 6. The van der Waals surface area contributed by atoms with E-state index in [1.165, 1.54) is 31.3 Å². The molecule has 166 valence electrons. The molecule has 1 amide bonds. The number of amides is 1. The van der Waals surface area contributed by atoms with Gasteiger partial charge in [-0.25, -0.2) is 9.59 Å². The number of methoxy groups -OCH3 is 2. The van der Waals surface area contributed by atoms with Crippen molar-refractivity contribution in [3.05, 3.63) is 69.7 Å². The van der Waals surface area contributed by atoms with Crippen LogP contribution in [0.3, 0.4) is 0 Å². The number of ether oxygens (including phenoxy) is 3. The smallest absolute Gasteiger partial charge is 0.338 e. The van der Waals surface area contributed by atoms with Crippen molar-refractivity contribution < 1.29 is 28.6 Å². The Kier molecular flexibility index (Phi) is 7.22. The van der Waals surface area contributed by atoms with Gasteiger partial charge in [0, 0.05) is 23.1 Å². The van der Waals surface area contributed by atoms with Gasteiger partial charge in [-0.05, 0) is 47.9 Å². The molecule has 0 unspecified atom stereocenters. The summed E-state index contributed by atoms with van der Waals surface area (Å²) in [5.41, 5.74) is 1.02. The lowest BCUT2D eigenvalue weighted by molar-refractivity contribution is -0.120. The molecule has 0 heterocycles. The van der Waals surface area contributed by atoms with E-state index in [0.717, 1.165) is 0 Å². The van der Waals surface area contributed by atoms with E-state index >= 15 is 0 Å². The predicted molar refractivity (Wildman–Crippen MR) is 122 cm³/mol. The van der Waals surface area contributed by atoms with Gasteiger partial charge < -0.3 is 19.1 Å². The fourth-order valence-corrected chi connectivity index (χ4v) is 3.68. The van der Waals surface area contributed by atoms with Crippen LogP contribution in [-0.2, 0) is 14.3 Å². The number of fused-ring (bicyclic) bond motifs is 1. The number of rotatable bonds is 6. The molecular formula is C23H19Cl2NO6. The highest BCUT2D eigenvalue weighted by molar-refractivity contribution is 6.39. The molecule has 7 nitrogen and oxygen atoms in total. The molecule has 0 aliphatic heterocycles. The number of carbonyl (C=O) groups is 3. The van der Waals surface area contributed by atoms with Crippen molar-refractivity contribution in [2.24, 2.45) is 0 Å². The van der Waals surface area contributed by atoms with Crippen molar-refractivity contribution in [1.29, 1.82) is 0 Å². The van der Waals surface area contributed by atoms with Crippen molar-refractivity contribution in [1.82, 2.24) is 0 Å². The molecule has 0 atom stereocenters. The van der Waals surface area contributed by atoms with Gasteiger partial charge in [0.05, 0.1) is 30.4 Å². The molecule has 0 saturated carbocycles. The highest BCUT2D eigenvalue weighted by Gasteiger charge is 2.18. The molecule has 0 aliphatic rings. The molecule has 0 aliphatic carbocycles. The Hall–Kier alpha value is -3.29. The zero-order valence-electron chi connectivity index (χ0n) is 17.5. The fourth-order valence-electron chi connectivity index (χ4n) is 3.08. The third kappa shape index (κ3) is 4.95. The first-order valence-electron chi connectivity index (χ1n) is 9.34. The van der Waals surface area contributed by atoms with Crippen molar-refractivity contribution >= 4 is 57.5 Å². The lowest BCUT2D eigenvalue weighted by Crippen LogP contribution is -2.31. The first-order chi connectivity index (χ1) is 15.2. The van der Waals surface area contributed by atoms with E-state index in [1.54, 1.807) is 43.4 Å². The second-order valence-corrected chi connectivity index (χ2v) is 7.58. The van der Waals surface area contributed by atoms with Gasteiger partial charge >= 0.3 is 11.9 Å². The molecule has 0 fully saturated rings. The van der Waals surface area contributed by atoms with Gasteiger partial charge in [0.15, 0.2) is 6.61 Å². The van der Waals surface area contributed by atoms with Gasteiger partial charge in [0.25, 0.3) is 5.91 Å². The minimum Gasteiger partial charge on any atom is -0.483 e. The molecule has 3 aromatic carbocycles. The van der Waals surface area contributed by atoms with Crippen molar-refractivity contribution in [3.63, 3.8) is 0 Å². The number of carbonyl (C=O) groups excluding carboxylic acids is 3. The molecule has 0 radical (unpaired) electrons. The van der Waals surface area contributed by atoms with Crippen LogP contribution in [0.4, 0.5) is 5.69 Å². The third-order valence-electron chi connectivity index (χ3n) is 4.73. The maximum atomic E-state index is 12.8. The molecule has 0 spiro atoms. The van der Waals surface area contributed by atoms with Gasteiger partial charge in [0.1, 0.15) is 5.75 Å². The Morgan fingerprint density at radius 1 is 0.906 bits per heavy atom. The van der Waals surface area contributed by atoms with E-state index in [-0.39, 0.29) is 17.9 Å². The SMILES string of the molecule is COC(=O)c1cccc(N(C)C(=O)COc2cc(C(=O)OC)cc3cc(Cl)cc(Cl)c23)c1. The second-order valence-electron chi connectivity index (χ2n) is 6.74. The van der Waals surface area contributed by atoms with Crippen LogP contribution < -0.4 is 9.64 Å². The monoisotopic (exact) mass is 475 g/mol. The van der Waals surface area contributed by atoms with E-state index in [9.17, 15) is 14.4 Å². The first-order valence-corrected chi connectivity index (χ1v) is 10.1. The Balaban J connectivity index is 1.89. The van der Waals surface area contributed by atoms with Crippen LogP contribution in [-0.4, -0.2) is 45.7 Å². The molecule has 3 rings (SSSR count). The average molecular weight is 476 g/mol. The number of halogens is 2. The van der Waals surface area contributed by atoms with Crippen LogP contribution in [0.2, 0.25) is 10.0 Å². The Morgan fingerprint density at radius 3 is 2.28 bits per heavy atom. The van der Waals surface area contributed by atoms with Crippen LogP contribution in [0.25, 0.3) is 10.8 Å². The second kappa shape index (κ2) is 9.89. The maximum absolute atomic E-state index is 12.8. The number of esters is 2. The fraction of sp³-hybridized carbons (Fsp3) is 0.174. The molecular weight excluding hydrogens is 457 g/mol. The number of benzene rings is 3. The highest BCUT2D eigenvalue weighted by atomic mass is 35.5. The van der Waals surface area contributed by atoms with Crippen LogP contribution in [0, 0.1) is 0 Å². The molecule has 9 heteroatoms. The topological polar surface area (TPSA) is 82.1 Å². The number of hydrogen-bond donors (Lipinski definition) is 0. The first kappa shape index (κ1) is 23.4. The van der Waals surface area contributed by atoms with E-state index in [1.807, 2.05) is 0 Å². The lowest BCUT2D eigenvalue weighted by atomic mass is 10.1. The summed E-state index contributed by atoms with van der Waals surface area (Å²) >= 11 is 12.4. The van der Waals surface area contributed by atoms with Crippen molar-refractivity contribution in [2.75, 3.05) is 32.8 Å². The molecule has 0 aromatic heterocycles. The Morgan fingerprint density at radius 2 is 1.59 bits per heavy atom. The van der Waals surface area contributed by atoms with Gasteiger partial charge in [-0.3, -0.25) is 4.79 Å². The summed E-state index contributed by atoms with van der Waals surface area (Å²) in [4.78, 5) is 37.9. The standard InChI is InChI=1S/C23H19Cl2NO6/c1-26(17-6-4-5-13(9-17)22(28)30-2)20(27)12-32-19-10-15(23(29)31-3)7-14-8-16(24)11-18(25)21(14)19/h4-11H,12H2,1-3H3. The van der Waals surface area contributed by atoms with Crippen LogP contribution in [0.15, 0.2) is 48.5 Å². The third-order valence-corrected chi connectivity index (χ3v) is 5.25. The molecule has 3 aromatic rings. The van der Waals surface area contributed by atoms with Gasteiger partial charge in [-0.15, -0.1) is 0 Å². The Bertz CT molecular complexity index is 1210. The predicted octanol–water partition coefficient (Wildman–Crippen LogP) is 4.76. The average Bonchev–Trinajstić information content (AvgIpc) is 2.80. The van der Waals surface area contributed by atoms with Gasteiger partial charge in [-0.2, -0.15) is 0 Å². The highest BCUT2D eigenvalue weighted by Crippen LogP contribution is 2.36. The zero-order chi connectivity index (χ0) is 23.4. The van der Waals surface area contributed by atoms with Gasteiger partial charge in [0.2, 0.25) is 0 Å². The van der Waals surface area contributed by atoms with E-state index in [2.05, 4.69) is 0 Å². The summed E-state index contributed by atoms with van der Waals surface area (Å²) in [6.45, 7) is -0.350. The summed E-state index contributed by atoms with van der Waals surface area (Å²) in [5.74, 6) is -1.25. The molecule has 0 saturated heterocycles. The minimum absolute atomic E-state index is 0.222. The van der Waals surface area contributed by atoms with Crippen molar-refractivity contribution in [3.8, 4) is 5.75 Å². The number of nitrogens with zero attached hydrogens (tertiary/aromatic N) is 1. The van der Waals surface area contributed by atoms with E-state index in [4.69, 9.17) is 37.4 Å². The summed E-state index contributed by atoms with van der Waals surface area (Å²) in [6.07, 6.45) is 0. The van der Waals surface area contributed by atoms with E-state index < -0.39 is 17.8 Å². The summed E-state index contributed by atoms with van der Waals surface area (Å²) in [5, 5.41) is 1.76. The maximum Gasteiger partial charge on any atom is 0.338 e. The molecule has 32 heavy (non-hydrogen) atoms. The summed E-state index contributed by atoms with van der Waals surface area (Å²) < 4.78 is 15.3. The van der Waals surface area contributed by atoms with Crippen LogP contribution >= 0.6 is 23.2 Å². The summed E-state index contributed by atoms with van der Waals surface area (Å²) in [7, 11) is 4.10. The van der Waals surface area contributed by atoms with Crippen LogP contribution in [0.5, 0.6) is 5.75 Å².